The van der Waals surface area contributed by atoms with Crippen LogP contribution >= 0.6 is 15.9 Å². The molecule has 0 atom stereocenters. The van der Waals surface area contributed by atoms with Gasteiger partial charge in [-0.1, -0.05) is 19.1 Å². The van der Waals surface area contributed by atoms with Crippen LogP contribution in [0.2, 0.25) is 0 Å². The maximum atomic E-state index is 5.48. The largest absolute Gasteiger partial charge is 0.492 e. The van der Waals surface area contributed by atoms with Crippen LogP contribution < -0.4 is 4.74 Å². The Morgan fingerprint density at radius 1 is 1.50 bits per heavy atom. The van der Waals surface area contributed by atoms with Gasteiger partial charge in [0.05, 0.1) is 11.1 Å². The summed E-state index contributed by atoms with van der Waals surface area (Å²) in [6.45, 7) is 6.70. The Morgan fingerprint density at radius 3 is 2.92 bits per heavy atom. The Morgan fingerprint density at radius 2 is 2.25 bits per heavy atom. The van der Waals surface area contributed by atoms with Crippen molar-refractivity contribution in [2.75, 3.05) is 6.61 Å². The summed E-state index contributed by atoms with van der Waals surface area (Å²) in [7, 11) is 0. The second kappa shape index (κ2) is 4.51. The zero-order chi connectivity index (χ0) is 8.97. The fourth-order valence-electron chi connectivity index (χ4n) is 0.880. The molecule has 0 heterocycles. The smallest absolute Gasteiger partial charge is 0.133 e. The van der Waals surface area contributed by atoms with Crippen LogP contribution in [0.1, 0.15) is 18.9 Å². The van der Waals surface area contributed by atoms with E-state index in [0.717, 1.165) is 28.8 Å². The Labute approximate surface area is 81.9 Å². The van der Waals surface area contributed by atoms with Crippen molar-refractivity contribution in [3.63, 3.8) is 0 Å². The van der Waals surface area contributed by atoms with Crippen molar-refractivity contribution in [2.45, 2.75) is 13.3 Å². The third kappa shape index (κ3) is 2.24. The van der Waals surface area contributed by atoms with Gasteiger partial charge in [0.1, 0.15) is 5.75 Å². The maximum Gasteiger partial charge on any atom is 0.133 e. The molecule has 0 spiro atoms. The van der Waals surface area contributed by atoms with Gasteiger partial charge in [-0.15, -0.1) is 0 Å². The normalized spacial score (nSPS) is 9.92. The summed E-state index contributed by atoms with van der Waals surface area (Å²) in [6.07, 6.45) is 1.02. The lowest BCUT2D eigenvalue weighted by Gasteiger charge is -2.07. The Bertz CT molecular complexity index is 258. The van der Waals surface area contributed by atoms with Gasteiger partial charge in [0.15, 0.2) is 0 Å². The molecule has 1 radical (unpaired) electrons. The summed E-state index contributed by atoms with van der Waals surface area (Å²) in [4.78, 5) is 0. The molecule has 1 rings (SSSR count). The molecule has 12 heavy (non-hydrogen) atoms. The summed E-state index contributed by atoms with van der Waals surface area (Å²) >= 11 is 3.42. The van der Waals surface area contributed by atoms with Crippen molar-refractivity contribution in [3.05, 3.63) is 35.2 Å². The summed E-state index contributed by atoms with van der Waals surface area (Å²) in [5.41, 5.74) is 0.962. The highest BCUT2D eigenvalue weighted by Gasteiger charge is 2.01. The van der Waals surface area contributed by atoms with Crippen LogP contribution in [0, 0.1) is 6.92 Å². The van der Waals surface area contributed by atoms with Gasteiger partial charge in [-0.3, -0.25) is 0 Å². The summed E-state index contributed by atoms with van der Waals surface area (Å²) in [5.74, 6) is 0.879. The summed E-state index contributed by atoms with van der Waals surface area (Å²) in [5, 5.41) is 0. The Hall–Kier alpha value is -0.500. The molecule has 65 valence electrons. The van der Waals surface area contributed by atoms with Crippen molar-refractivity contribution in [1.82, 2.24) is 0 Å². The summed E-state index contributed by atoms with van der Waals surface area (Å²) < 4.78 is 6.44. The number of halogens is 1. The first kappa shape index (κ1) is 9.59. The number of benzene rings is 1. The molecule has 0 aliphatic rings. The van der Waals surface area contributed by atoms with Crippen LogP contribution in [0.4, 0.5) is 0 Å². The average molecular weight is 228 g/mol. The molecule has 0 saturated heterocycles. The van der Waals surface area contributed by atoms with Crippen LogP contribution in [-0.2, 0) is 0 Å². The molecule has 0 aliphatic carbocycles. The van der Waals surface area contributed by atoms with Gasteiger partial charge in [0.25, 0.3) is 0 Å². The van der Waals surface area contributed by atoms with Gasteiger partial charge in [-0.05, 0) is 40.9 Å². The van der Waals surface area contributed by atoms with E-state index in [2.05, 4.69) is 29.8 Å². The fraction of sp³-hybridized carbons (Fsp3) is 0.300. The van der Waals surface area contributed by atoms with Gasteiger partial charge in [-0.25, -0.2) is 0 Å². The first-order valence-corrected chi connectivity index (χ1v) is 4.78. The first-order valence-electron chi connectivity index (χ1n) is 3.99. The van der Waals surface area contributed by atoms with E-state index in [-0.39, 0.29) is 0 Å². The highest BCUT2D eigenvalue weighted by atomic mass is 79.9. The van der Waals surface area contributed by atoms with E-state index in [4.69, 9.17) is 4.74 Å². The molecule has 2 heteroatoms. The van der Waals surface area contributed by atoms with Gasteiger partial charge >= 0.3 is 0 Å². The standard InChI is InChI=1S/C10H12BrO/c1-3-7-12-9-6-4-5-8(2)10(9)11/h4-6H,2-3,7H2,1H3. The lowest BCUT2D eigenvalue weighted by atomic mass is 10.2. The minimum atomic E-state index is 0.752. The third-order valence-electron chi connectivity index (χ3n) is 1.50. The van der Waals surface area contributed by atoms with Crippen molar-refractivity contribution < 1.29 is 4.74 Å². The maximum absolute atomic E-state index is 5.48. The number of hydrogen-bond donors (Lipinski definition) is 0. The zero-order valence-corrected chi connectivity index (χ0v) is 8.73. The number of ether oxygens (including phenoxy) is 1. The Balaban J connectivity index is 2.78. The van der Waals surface area contributed by atoms with Crippen LogP contribution in [-0.4, -0.2) is 6.61 Å². The van der Waals surface area contributed by atoms with Crippen molar-refractivity contribution in [2.24, 2.45) is 0 Å². The molecule has 1 aromatic carbocycles. The van der Waals surface area contributed by atoms with Crippen LogP contribution in [0.3, 0.4) is 0 Å². The summed E-state index contributed by atoms with van der Waals surface area (Å²) in [6, 6.07) is 5.83. The molecule has 0 saturated carbocycles. The monoisotopic (exact) mass is 227 g/mol. The molecule has 0 bridgehead atoms. The predicted octanol–water partition coefficient (Wildman–Crippen LogP) is 3.42. The third-order valence-corrected chi connectivity index (χ3v) is 2.41. The molecular formula is C10H12BrO. The second-order valence-electron chi connectivity index (χ2n) is 2.58. The van der Waals surface area contributed by atoms with E-state index in [1.54, 1.807) is 0 Å². The molecule has 1 aromatic rings. The van der Waals surface area contributed by atoms with E-state index < -0.39 is 0 Å². The quantitative estimate of drug-likeness (QED) is 0.770. The second-order valence-corrected chi connectivity index (χ2v) is 3.37. The molecule has 1 nitrogen and oxygen atoms in total. The van der Waals surface area contributed by atoms with E-state index in [0.29, 0.717) is 0 Å². The van der Waals surface area contributed by atoms with E-state index >= 15 is 0 Å². The zero-order valence-electron chi connectivity index (χ0n) is 7.14. The SMILES string of the molecule is [CH2]c1cccc(OCCC)c1Br. The molecule has 0 aliphatic heterocycles. The van der Waals surface area contributed by atoms with E-state index in [9.17, 15) is 0 Å². The lowest BCUT2D eigenvalue weighted by molar-refractivity contribution is 0.315. The van der Waals surface area contributed by atoms with Gasteiger partial charge in [0, 0.05) is 0 Å². The lowest BCUT2D eigenvalue weighted by Crippen LogP contribution is -1.96. The van der Waals surface area contributed by atoms with Crippen molar-refractivity contribution in [3.8, 4) is 5.75 Å². The highest BCUT2D eigenvalue weighted by molar-refractivity contribution is 9.10. The molecule has 0 fully saturated rings. The van der Waals surface area contributed by atoms with Crippen LogP contribution in [0.25, 0.3) is 0 Å². The van der Waals surface area contributed by atoms with Crippen LogP contribution in [0.15, 0.2) is 22.7 Å². The first-order chi connectivity index (χ1) is 5.75. The highest BCUT2D eigenvalue weighted by Crippen LogP contribution is 2.27. The molecule has 0 aromatic heterocycles. The minimum Gasteiger partial charge on any atom is -0.492 e. The number of rotatable bonds is 3. The van der Waals surface area contributed by atoms with E-state index in [1.165, 1.54) is 0 Å². The average Bonchev–Trinajstić information content (AvgIpc) is 2.08. The molecule has 0 unspecified atom stereocenters. The number of hydrogen-bond acceptors (Lipinski definition) is 1. The Kier molecular flexibility index (Phi) is 3.60. The van der Waals surface area contributed by atoms with Gasteiger partial charge in [-0.2, -0.15) is 0 Å². The van der Waals surface area contributed by atoms with Gasteiger partial charge < -0.3 is 4.74 Å². The minimum absolute atomic E-state index is 0.752. The van der Waals surface area contributed by atoms with Gasteiger partial charge in [0.2, 0.25) is 0 Å². The van der Waals surface area contributed by atoms with Crippen LogP contribution in [0.5, 0.6) is 5.75 Å². The molecule has 0 N–H and O–H groups in total. The fourth-order valence-corrected chi connectivity index (χ4v) is 1.26. The molecule has 0 amide bonds. The van der Waals surface area contributed by atoms with E-state index in [1.807, 2.05) is 18.2 Å². The van der Waals surface area contributed by atoms with Crippen molar-refractivity contribution in [1.29, 1.82) is 0 Å². The molecular weight excluding hydrogens is 216 g/mol. The predicted molar refractivity (Wildman–Crippen MR) is 54.4 cm³/mol. The topological polar surface area (TPSA) is 9.23 Å². The van der Waals surface area contributed by atoms with Crippen molar-refractivity contribution >= 4 is 15.9 Å².